The Balaban J connectivity index is 2.02. The van der Waals surface area contributed by atoms with Gasteiger partial charge >= 0.3 is 0 Å². The minimum Gasteiger partial charge on any atom is -0.507 e. The molecule has 1 aromatic rings. The van der Waals surface area contributed by atoms with Crippen molar-refractivity contribution in [2.75, 3.05) is 33.7 Å². The van der Waals surface area contributed by atoms with Gasteiger partial charge in [0, 0.05) is 28.8 Å². The van der Waals surface area contributed by atoms with Gasteiger partial charge in [-0.3, -0.25) is 4.90 Å². The van der Waals surface area contributed by atoms with Gasteiger partial charge in [-0.1, -0.05) is 0 Å². The van der Waals surface area contributed by atoms with Gasteiger partial charge in [0.15, 0.2) is 0 Å². The van der Waals surface area contributed by atoms with Crippen LogP contribution in [0.5, 0.6) is 5.75 Å². The first-order chi connectivity index (χ1) is 9.45. The van der Waals surface area contributed by atoms with E-state index < -0.39 is 0 Å². The van der Waals surface area contributed by atoms with Gasteiger partial charge in [0.05, 0.1) is 3.57 Å². The van der Waals surface area contributed by atoms with Crippen molar-refractivity contribution in [3.63, 3.8) is 0 Å². The summed E-state index contributed by atoms with van der Waals surface area (Å²) in [6.07, 6.45) is 2.59. The topological polar surface area (TPSA) is 26.7 Å². The lowest BCUT2D eigenvalue weighted by Gasteiger charge is -2.34. The number of hydrogen-bond acceptors (Lipinski definition) is 3. The first-order valence-electron chi connectivity index (χ1n) is 6.99. The van der Waals surface area contributed by atoms with Crippen LogP contribution in [0.4, 0.5) is 0 Å². The summed E-state index contributed by atoms with van der Waals surface area (Å²) in [5, 5.41) is 10.2. The molecule has 1 heterocycles. The standard InChI is InChI=1S/C15H22I2N2O/c1-18(2)8-11-4-3-5-19(9-11)10-12-6-13(16)7-14(17)15(12)20/h6-7,11,20H,3-5,8-10H2,1-2H3. The van der Waals surface area contributed by atoms with E-state index in [1.807, 2.05) is 6.07 Å². The Labute approximate surface area is 149 Å². The van der Waals surface area contributed by atoms with Crippen LogP contribution < -0.4 is 0 Å². The van der Waals surface area contributed by atoms with Crippen molar-refractivity contribution < 1.29 is 5.11 Å². The molecule has 0 bridgehead atoms. The summed E-state index contributed by atoms with van der Waals surface area (Å²) in [5.74, 6) is 1.21. The SMILES string of the molecule is CN(C)CC1CCCN(Cc2cc(I)cc(I)c2O)C1. The molecule has 1 fully saturated rings. The van der Waals surface area contributed by atoms with Crippen LogP contribution in [-0.4, -0.2) is 48.6 Å². The van der Waals surface area contributed by atoms with Gasteiger partial charge in [0.1, 0.15) is 5.75 Å². The van der Waals surface area contributed by atoms with Crippen LogP contribution in [0.3, 0.4) is 0 Å². The van der Waals surface area contributed by atoms with Crippen molar-refractivity contribution in [2.24, 2.45) is 5.92 Å². The van der Waals surface area contributed by atoms with Crippen LogP contribution in [0.25, 0.3) is 0 Å². The minimum atomic E-state index is 0.459. The second-order valence-corrected chi connectivity index (χ2v) is 8.31. The molecule has 1 aliphatic rings. The molecule has 1 atom stereocenters. The molecule has 0 aliphatic carbocycles. The van der Waals surface area contributed by atoms with E-state index in [2.05, 4.69) is 75.1 Å². The molecule has 2 rings (SSSR count). The highest BCUT2D eigenvalue weighted by atomic mass is 127. The van der Waals surface area contributed by atoms with Crippen LogP contribution >= 0.6 is 45.2 Å². The molecule has 1 aromatic carbocycles. The first-order valence-corrected chi connectivity index (χ1v) is 9.15. The molecule has 1 aliphatic heterocycles. The van der Waals surface area contributed by atoms with Crippen LogP contribution in [0.2, 0.25) is 0 Å². The Morgan fingerprint density at radius 3 is 2.80 bits per heavy atom. The van der Waals surface area contributed by atoms with Crippen LogP contribution in [0.1, 0.15) is 18.4 Å². The van der Waals surface area contributed by atoms with Crippen molar-refractivity contribution in [3.8, 4) is 5.75 Å². The van der Waals surface area contributed by atoms with Gasteiger partial charge < -0.3 is 10.0 Å². The smallest absolute Gasteiger partial charge is 0.133 e. The van der Waals surface area contributed by atoms with E-state index in [9.17, 15) is 5.11 Å². The highest BCUT2D eigenvalue weighted by Crippen LogP contribution is 2.29. The Morgan fingerprint density at radius 1 is 1.35 bits per heavy atom. The number of hydrogen-bond donors (Lipinski definition) is 1. The number of phenols is 1. The second kappa shape index (κ2) is 7.60. The number of aromatic hydroxyl groups is 1. The van der Waals surface area contributed by atoms with Gasteiger partial charge in [-0.15, -0.1) is 0 Å². The van der Waals surface area contributed by atoms with Crippen LogP contribution in [0.15, 0.2) is 12.1 Å². The molecule has 1 N–H and O–H groups in total. The summed E-state index contributed by atoms with van der Waals surface area (Å²) >= 11 is 4.53. The first kappa shape index (κ1) is 16.8. The lowest BCUT2D eigenvalue weighted by Crippen LogP contribution is -2.39. The molecule has 1 saturated heterocycles. The Bertz CT molecular complexity index is 465. The Morgan fingerprint density at radius 2 is 2.10 bits per heavy atom. The number of halogens is 2. The molecule has 3 nitrogen and oxygen atoms in total. The third-order valence-electron chi connectivity index (χ3n) is 3.73. The maximum absolute atomic E-state index is 10.2. The molecule has 112 valence electrons. The highest BCUT2D eigenvalue weighted by Gasteiger charge is 2.21. The summed E-state index contributed by atoms with van der Waals surface area (Å²) in [6, 6.07) is 4.12. The minimum absolute atomic E-state index is 0.459. The zero-order valence-corrected chi connectivity index (χ0v) is 16.4. The summed E-state index contributed by atoms with van der Waals surface area (Å²) in [6.45, 7) is 4.31. The molecule has 0 spiro atoms. The van der Waals surface area contributed by atoms with Gasteiger partial charge in [0.2, 0.25) is 0 Å². The zero-order valence-electron chi connectivity index (χ0n) is 12.1. The lowest BCUT2D eigenvalue weighted by molar-refractivity contribution is 0.144. The third-order valence-corrected chi connectivity index (χ3v) is 5.17. The van der Waals surface area contributed by atoms with Gasteiger partial charge in [-0.05, 0) is 96.7 Å². The molecule has 20 heavy (non-hydrogen) atoms. The summed E-state index contributed by atoms with van der Waals surface area (Å²) in [7, 11) is 4.29. The average Bonchev–Trinajstić information content (AvgIpc) is 2.35. The molecule has 0 radical (unpaired) electrons. The molecular formula is C15H22I2N2O. The van der Waals surface area contributed by atoms with Crippen molar-refractivity contribution in [3.05, 3.63) is 24.8 Å². The van der Waals surface area contributed by atoms with E-state index in [0.29, 0.717) is 5.75 Å². The molecule has 0 aromatic heterocycles. The number of piperidine rings is 1. The summed E-state index contributed by atoms with van der Waals surface area (Å²) in [5.41, 5.74) is 1.06. The fourth-order valence-corrected chi connectivity index (χ4v) is 4.91. The molecular weight excluding hydrogens is 478 g/mol. The normalized spacial score (nSPS) is 20.6. The summed E-state index contributed by atoms with van der Waals surface area (Å²) in [4.78, 5) is 4.76. The maximum Gasteiger partial charge on any atom is 0.133 e. The summed E-state index contributed by atoms with van der Waals surface area (Å²) < 4.78 is 2.15. The van der Waals surface area contributed by atoms with E-state index in [4.69, 9.17) is 0 Å². The molecule has 0 saturated carbocycles. The Hall–Kier alpha value is 0.400. The lowest BCUT2D eigenvalue weighted by atomic mass is 9.97. The van der Waals surface area contributed by atoms with Gasteiger partial charge in [0.25, 0.3) is 0 Å². The van der Waals surface area contributed by atoms with Gasteiger partial charge in [-0.2, -0.15) is 0 Å². The number of rotatable bonds is 4. The average molecular weight is 500 g/mol. The van der Waals surface area contributed by atoms with Crippen molar-refractivity contribution >= 4 is 45.2 Å². The van der Waals surface area contributed by atoms with Crippen molar-refractivity contribution in [2.45, 2.75) is 19.4 Å². The van der Waals surface area contributed by atoms with Crippen molar-refractivity contribution in [1.29, 1.82) is 0 Å². The van der Waals surface area contributed by atoms with Crippen LogP contribution in [0, 0.1) is 13.1 Å². The molecule has 1 unspecified atom stereocenters. The maximum atomic E-state index is 10.2. The van der Waals surface area contributed by atoms with E-state index in [0.717, 1.165) is 41.2 Å². The number of benzene rings is 1. The molecule has 5 heteroatoms. The fourth-order valence-electron chi connectivity index (χ4n) is 2.94. The predicted molar refractivity (Wildman–Crippen MR) is 100 cm³/mol. The molecule has 0 amide bonds. The zero-order chi connectivity index (χ0) is 14.7. The second-order valence-electron chi connectivity index (χ2n) is 5.90. The van der Waals surface area contributed by atoms with Crippen LogP contribution in [-0.2, 0) is 6.54 Å². The van der Waals surface area contributed by atoms with E-state index >= 15 is 0 Å². The number of phenolic OH excluding ortho intramolecular Hbond substituents is 1. The Kier molecular flexibility index (Phi) is 6.37. The third kappa shape index (κ3) is 4.71. The van der Waals surface area contributed by atoms with E-state index in [1.54, 1.807) is 0 Å². The quantitative estimate of drug-likeness (QED) is 0.643. The predicted octanol–water partition coefficient (Wildman–Crippen LogP) is 3.38. The van der Waals surface area contributed by atoms with Crippen molar-refractivity contribution in [1.82, 2.24) is 9.80 Å². The largest absolute Gasteiger partial charge is 0.507 e. The highest BCUT2D eigenvalue weighted by molar-refractivity contribution is 14.1. The van der Waals surface area contributed by atoms with Gasteiger partial charge in [-0.25, -0.2) is 0 Å². The van der Waals surface area contributed by atoms with E-state index in [-0.39, 0.29) is 0 Å². The van der Waals surface area contributed by atoms with E-state index in [1.165, 1.54) is 16.4 Å². The number of likely N-dealkylation sites (tertiary alicyclic amines) is 1. The number of nitrogens with zero attached hydrogens (tertiary/aromatic N) is 2. The fraction of sp³-hybridized carbons (Fsp3) is 0.600. The monoisotopic (exact) mass is 500 g/mol.